The number of benzene rings is 1. The summed E-state index contributed by atoms with van der Waals surface area (Å²) in [6.45, 7) is 6.29. The molecule has 1 aromatic carbocycles. The van der Waals surface area contributed by atoms with Crippen LogP contribution < -0.4 is 10.5 Å². The monoisotopic (exact) mass is 209 g/mol. The van der Waals surface area contributed by atoms with Crippen LogP contribution in [0.3, 0.4) is 0 Å². The van der Waals surface area contributed by atoms with Gasteiger partial charge in [-0.1, -0.05) is 12.1 Å². The highest BCUT2D eigenvalue weighted by Crippen LogP contribution is 2.31. The van der Waals surface area contributed by atoms with E-state index in [0.717, 1.165) is 5.56 Å². The molecular formula is C12H19NO2. The molecule has 3 N–H and O–H groups in total. The van der Waals surface area contributed by atoms with Gasteiger partial charge in [0.1, 0.15) is 0 Å². The normalized spacial score (nSPS) is 11.5. The average molecular weight is 209 g/mol. The number of aromatic hydroxyl groups is 1. The third kappa shape index (κ3) is 3.44. The number of hydrogen-bond donors (Lipinski definition) is 2. The Labute approximate surface area is 90.9 Å². The summed E-state index contributed by atoms with van der Waals surface area (Å²) in [5.41, 5.74) is 6.40. The Hall–Kier alpha value is -1.22. The molecule has 0 bridgehead atoms. The summed E-state index contributed by atoms with van der Waals surface area (Å²) in [7, 11) is 0. The number of ether oxygens (including phenoxy) is 1. The van der Waals surface area contributed by atoms with E-state index in [1.54, 1.807) is 6.07 Å². The lowest BCUT2D eigenvalue weighted by atomic mass is 9.95. The number of nitrogens with two attached hydrogens (primary N) is 1. The van der Waals surface area contributed by atoms with Crippen molar-refractivity contribution in [2.45, 2.75) is 32.7 Å². The molecule has 0 fully saturated rings. The molecule has 0 heterocycles. The third-order valence-corrected chi connectivity index (χ3v) is 2.03. The number of para-hydroxylation sites is 1. The van der Waals surface area contributed by atoms with E-state index in [0.29, 0.717) is 18.8 Å². The maximum atomic E-state index is 9.90. The Morgan fingerprint density at radius 3 is 2.60 bits per heavy atom. The summed E-state index contributed by atoms with van der Waals surface area (Å²) < 4.78 is 5.30. The first-order valence-electron chi connectivity index (χ1n) is 5.16. The lowest BCUT2D eigenvalue weighted by molar-refractivity contribution is 0.315. The third-order valence-electron chi connectivity index (χ3n) is 2.03. The second-order valence-corrected chi connectivity index (χ2v) is 4.36. The molecule has 1 aromatic rings. The lowest BCUT2D eigenvalue weighted by Gasteiger charge is -2.19. The maximum absolute atomic E-state index is 9.90. The van der Waals surface area contributed by atoms with Crippen LogP contribution in [0.1, 0.15) is 26.3 Å². The number of phenolic OH excluding ortho intramolecular Hbond substituents is 1. The molecule has 84 valence electrons. The van der Waals surface area contributed by atoms with Gasteiger partial charge in [0, 0.05) is 5.54 Å². The van der Waals surface area contributed by atoms with E-state index in [1.165, 1.54) is 0 Å². The Bertz CT molecular complexity index is 329. The SMILES string of the molecule is CCOc1cccc(CC(C)(C)N)c1O. The van der Waals surface area contributed by atoms with Crippen molar-refractivity contribution >= 4 is 0 Å². The Balaban J connectivity index is 2.94. The smallest absolute Gasteiger partial charge is 0.161 e. The van der Waals surface area contributed by atoms with Crippen LogP contribution >= 0.6 is 0 Å². The van der Waals surface area contributed by atoms with Gasteiger partial charge >= 0.3 is 0 Å². The highest BCUT2D eigenvalue weighted by Gasteiger charge is 2.16. The zero-order valence-corrected chi connectivity index (χ0v) is 9.58. The standard InChI is InChI=1S/C12H19NO2/c1-4-15-10-7-5-6-9(11(10)14)8-12(2,3)13/h5-7,14H,4,8,13H2,1-3H3. The van der Waals surface area contributed by atoms with Gasteiger partial charge in [0.15, 0.2) is 11.5 Å². The van der Waals surface area contributed by atoms with E-state index in [-0.39, 0.29) is 11.3 Å². The molecule has 0 aromatic heterocycles. The van der Waals surface area contributed by atoms with Crippen LogP contribution in [-0.4, -0.2) is 17.3 Å². The van der Waals surface area contributed by atoms with Gasteiger partial charge in [-0.15, -0.1) is 0 Å². The van der Waals surface area contributed by atoms with E-state index in [9.17, 15) is 5.11 Å². The zero-order valence-electron chi connectivity index (χ0n) is 9.58. The van der Waals surface area contributed by atoms with Crippen LogP contribution in [-0.2, 0) is 6.42 Å². The molecule has 0 aliphatic carbocycles. The molecule has 0 unspecified atom stereocenters. The number of rotatable bonds is 4. The van der Waals surface area contributed by atoms with Crippen LogP contribution in [0, 0.1) is 0 Å². The summed E-state index contributed by atoms with van der Waals surface area (Å²) >= 11 is 0. The predicted molar refractivity (Wildman–Crippen MR) is 61.2 cm³/mol. The van der Waals surface area contributed by atoms with Crippen molar-refractivity contribution in [3.8, 4) is 11.5 Å². The Kier molecular flexibility index (Phi) is 3.58. The first-order chi connectivity index (χ1) is 6.94. The van der Waals surface area contributed by atoms with Gasteiger partial charge in [-0.25, -0.2) is 0 Å². The van der Waals surface area contributed by atoms with E-state index in [2.05, 4.69) is 0 Å². The Morgan fingerprint density at radius 2 is 2.07 bits per heavy atom. The minimum Gasteiger partial charge on any atom is -0.504 e. The molecule has 15 heavy (non-hydrogen) atoms. The highest BCUT2D eigenvalue weighted by atomic mass is 16.5. The van der Waals surface area contributed by atoms with Crippen molar-refractivity contribution in [1.29, 1.82) is 0 Å². The van der Waals surface area contributed by atoms with Gasteiger partial charge in [-0.2, -0.15) is 0 Å². The lowest BCUT2D eigenvalue weighted by Crippen LogP contribution is -2.34. The first-order valence-corrected chi connectivity index (χ1v) is 5.16. The summed E-state index contributed by atoms with van der Waals surface area (Å²) in [6, 6.07) is 5.49. The van der Waals surface area contributed by atoms with Crippen LogP contribution in [0.15, 0.2) is 18.2 Å². The fourth-order valence-electron chi connectivity index (χ4n) is 1.47. The van der Waals surface area contributed by atoms with Gasteiger partial charge in [-0.3, -0.25) is 0 Å². The minimum atomic E-state index is -0.331. The van der Waals surface area contributed by atoms with Gasteiger partial charge in [-0.05, 0) is 38.8 Å². The molecule has 0 atom stereocenters. The molecule has 0 saturated carbocycles. The molecule has 0 spiro atoms. The number of phenols is 1. The maximum Gasteiger partial charge on any atom is 0.161 e. The molecule has 1 rings (SSSR count). The molecule has 0 amide bonds. The van der Waals surface area contributed by atoms with E-state index >= 15 is 0 Å². The summed E-state index contributed by atoms with van der Waals surface area (Å²) in [6.07, 6.45) is 0.625. The van der Waals surface area contributed by atoms with Gasteiger partial charge in [0.25, 0.3) is 0 Å². The predicted octanol–water partition coefficient (Wildman–Crippen LogP) is 2.07. The fraction of sp³-hybridized carbons (Fsp3) is 0.500. The average Bonchev–Trinajstić information content (AvgIpc) is 2.10. The van der Waals surface area contributed by atoms with Crippen LogP contribution in [0.25, 0.3) is 0 Å². The van der Waals surface area contributed by atoms with Crippen LogP contribution in [0.4, 0.5) is 0 Å². The molecule has 0 saturated heterocycles. The van der Waals surface area contributed by atoms with Crippen molar-refractivity contribution in [2.75, 3.05) is 6.61 Å². The topological polar surface area (TPSA) is 55.5 Å². The van der Waals surface area contributed by atoms with Crippen LogP contribution in [0.5, 0.6) is 11.5 Å². The molecule has 0 aliphatic heterocycles. The van der Waals surface area contributed by atoms with E-state index in [4.69, 9.17) is 10.5 Å². The van der Waals surface area contributed by atoms with Crippen molar-refractivity contribution in [1.82, 2.24) is 0 Å². The summed E-state index contributed by atoms with van der Waals surface area (Å²) in [5, 5.41) is 9.90. The number of hydrogen-bond acceptors (Lipinski definition) is 3. The molecule has 3 heteroatoms. The molecular weight excluding hydrogens is 190 g/mol. The van der Waals surface area contributed by atoms with Gasteiger partial charge in [0.05, 0.1) is 6.61 Å². The summed E-state index contributed by atoms with van der Waals surface area (Å²) in [5.74, 6) is 0.733. The van der Waals surface area contributed by atoms with Gasteiger partial charge < -0.3 is 15.6 Å². The van der Waals surface area contributed by atoms with E-state index < -0.39 is 0 Å². The van der Waals surface area contributed by atoms with Crippen molar-refractivity contribution in [3.63, 3.8) is 0 Å². The fourth-order valence-corrected chi connectivity index (χ4v) is 1.47. The minimum absolute atomic E-state index is 0.206. The Morgan fingerprint density at radius 1 is 1.40 bits per heavy atom. The van der Waals surface area contributed by atoms with Crippen molar-refractivity contribution in [2.24, 2.45) is 5.73 Å². The molecule has 0 radical (unpaired) electrons. The zero-order chi connectivity index (χ0) is 11.5. The van der Waals surface area contributed by atoms with Crippen molar-refractivity contribution < 1.29 is 9.84 Å². The first kappa shape index (κ1) is 11.9. The van der Waals surface area contributed by atoms with Crippen molar-refractivity contribution in [3.05, 3.63) is 23.8 Å². The quantitative estimate of drug-likeness (QED) is 0.798. The second-order valence-electron chi connectivity index (χ2n) is 4.36. The summed E-state index contributed by atoms with van der Waals surface area (Å²) in [4.78, 5) is 0. The van der Waals surface area contributed by atoms with E-state index in [1.807, 2.05) is 32.9 Å². The molecule has 3 nitrogen and oxygen atoms in total. The largest absolute Gasteiger partial charge is 0.504 e. The van der Waals surface area contributed by atoms with Gasteiger partial charge in [0.2, 0.25) is 0 Å². The molecule has 0 aliphatic rings. The van der Waals surface area contributed by atoms with Crippen LogP contribution in [0.2, 0.25) is 0 Å². The highest BCUT2D eigenvalue weighted by molar-refractivity contribution is 5.45. The second kappa shape index (κ2) is 4.53.